The SMILES string of the molecule is COC(=O)/C(=C/c1ccccc1)NC(=O)c1cccc2ccccc12. The third kappa shape index (κ3) is 3.75. The van der Waals surface area contributed by atoms with Gasteiger partial charge in [-0.3, -0.25) is 4.79 Å². The molecule has 4 nitrogen and oxygen atoms in total. The van der Waals surface area contributed by atoms with Crippen molar-refractivity contribution in [2.45, 2.75) is 0 Å². The Morgan fingerprint density at radius 1 is 0.880 bits per heavy atom. The number of fused-ring (bicyclic) bond motifs is 1. The molecule has 0 aromatic heterocycles. The van der Waals surface area contributed by atoms with Crippen LogP contribution in [0.15, 0.2) is 78.5 Å². The zero-order chi connectivity index (χ0) is 17.6. The zero-order valence-electron chi connectivity index (χ0n) is 13.7. The average molecular weight is 331 g/mol. The van der Waals surface area contributed by atoms with Gasteiger partial charge in [0.2, 0.25) is 0 Å². The maximum atomic E-state index is 12.7. The predicted molar refractivity (Wildman–Crippen MR) is 97.8 cm³/mol. The second-order valence-corrected chi connectivity index (χ2v) is 5.44. The first-order valence-corrected chi connectivity index (χ1v) is 7.83. The van der Waals surface area contributed by atoms with E-state index in [9.17, 15) is 9.59 Å². The van der Waals surface area contributed by atoms with Crippen LogP contribution in [0.5, 0.6) is 0 Å². The van der Waals surface area contributed by atoms with Crippen molar-refractivity contribution < 1.29 is 14.3 Å². The lowest BCUT2D eigenvalue weighted by Gasteiger charge is -2.10. The van der Waals surface area contributed by atoms with Gasteiger partial charge in [0.1, 0.15) is 5.70 Å². The molecule has 0 saturated carbocycles. The summed E-state index contributed by atoms with van der Waals surface area (Å²) < 4.78 is 4.79. The number of nitrogens with one attached hydrogen (secondary N) is 1. The van der Waals surface area contributed by atoms with E-state index < -0.39 is 5.97 Å². The summed E-state index contributed by atoms with van der Waals surface area (Å²) in [6.07, 6.45) is 1.59. The number of esters is 1. The third-order valence-corrected chi connectivity index (χ3v) is 3.80. The molecule has 0 heterocycles. The lowest BCUT2D eigenvalue weighted by molar-refractivity contribution is -0.136. The van der Waals surface area contributed by atoms with Crippen LogP contribution in [-0.2, 0) is 9.53 Å². The van der Waals surface area contributed by atoms with Gasteiger partial charge in [-0.15, -0.1) is 0 Å². The van der Waals surface area contributed by atoms with Crippen LogP contribution < -0.4 is 5.32 Å². The lowest BCUT2D eigenvalue weighted by atomic mass is 10.0. The summed E-state index contributed by atoms with van der Waals surface area (Å²) in [5.41, 5.74) is 1.38. The number of methoxy groups -OCH3 is 1. The van der Waals surface area contributed by atoms with Crippen molar-refractivity contribution in [3.8, 4) is 0 Å². The Balaban J connectivity index is 1.95. The lowest BCUT2D eigenvalue weighted by Crippen LogP contribution is -2.28. The van der Waals surface area contributed by atoms with Crippen molar-refractivity contribution in [3.05, 3.63) is 89.6 Å². The van der Waals surface area contributed by atoms with Gasteiger partial charge in [0.15, 0.2) is 0 Å². The highest BCUT2D eigenvalue weighted by Gasteiger charge is 2.16. The van der Waals surface area contributed by atoms with E-state index in [-0.39, 0.29) is 11.6 Å². The van der Waals surface area contributed by atoms with Crippen molar-refractivity contribution in [1.29, 1.82) is 0 Å². The number of carbonyl (C=O) groups excluding carboxylic acids is 2. The maximum Gasteiger partial charge on any atom is 0.354 e. The monoisotopic (exact) mass is 331 g/mol. The highest BCUT2D eigenvalue weighted by molar-refractivity contribution is 6.10. The largest absolute Gasteiger partial charge is 0.464 e. The van der Waals surface area contributed by atoms with Crippen LogP contribution >= 0.6 is 0 Å². The molecule has 0 aliphatic carbocycles. The van der Waals surface area contributed by atoms with E-state index in [2.05, 4.69) is 5.32 Å². The fraction of sp³-hybridized carbons (Fsp3) is 0.0476. The van der Waals surface area contributed by atoms with E-state index in [4.69, 9.17) is 4.74 Å². The van der Waals surface area contributed by atoms with Crippen LogP contribution in [0.3, 0.4) is 0 Å². The number of amides is 1. The Morgan fingerprint density at radius 3 is 2.32 bits per heavy atom. The van der Waals surface area contributed by atoms with Crippen molar-refractivity contribution in [2.24, 2.45) is 0 Å². The van der Waals surface area contributed by atoms with Gasteiger partial charge in [-0.05, 0) is 28.5 Å². The summed E-state index contributed by atoms with van der Waals surface area (Å²) in [6, 6.07) is 22.4. The summed E-state index contributed by atoms with van der Waals surface area (Å²) in [5, 5.41) is 4.46. The van der Waals surface area contributed by atoms with Crippen LogP contribution in [0.1, 0.15) is 15.9 Å². The molecular weight excluding hydrogens is 314 g/mol. The number of ether oxygens (including phenoxy) is 1. The molecule has 1 amide bonds. The van der Waals surface area contributed by atoms with E-state index in [1.807, 2.05) is 66.7 Å². The number of hydrogen-bond acceptors (Lipinski definition) is 3. The molecule has 0 unspecified atom stereocenters. The summed E-state index contributed by atoms with van der Waals surface area (Å²) in [5.74, 6) is -0.957. The Morgan fingerprint density at radius 2 is 1.56 bits per heavy atom. The minimum atomic E-state index is -0.600. The Bertz CT molecular complexity index is 940. The average Bonchev–Trinajstić information content (AvgIpc) is 2.67. The first kappa shape index (κ1) is 16.5. The molecule has 25 heavy (non-hydrogen) atoms. The van der Waals surface area contributed by atoms with Crippen molar-refractivity contribution >= 4 is 28.7 Å². The summed E-state index contributed by atoms with van der Waals surface area (Å²) in [4.78, 5) is 24.8. The van der Waals surface area contributed by atoms with E-state index in [1.54, 1.807) is 12.1 Å². The minimum absolute atomic E-state index is 0.0895. The topological polar surface area (TPSA) is 55.4 Å². The third-order valence-electron chi connectivity index (χ3n) is 3.80. The summed E-state index contributed by atoms with van der Waals surface area (Å²) in [6.45, 7) is 0. The van der Waals surface area contributed by atoms with Crippen LogP contribution in [0, 0.1) is 0 Å². The van der Waals surface area contributed by atoms with Crippen molar-refractivity contribution in [1.82, 2.24) is 5.32 Å². The smallest absolute Gasteiger partial charge is 0.354 e. The Kier molecular flexibility index (Phi) is 4.90. The molecule has 4 heteroatoms. The first-order chi connectivity index (χ1) is 12.2. The number of hydrogen-bond donors (Lipinski definition) is 1. The molecule has 124 valence electrons. The zero-order valence-corrected chi connectivity index (χ0v) is 13.7. The van der Waals surface area contributed by atoms with Crippen LogP contribution in [0.2, 0.25) is 0 Å². The van der Waals surface area contributed by atoms with Gasteiger partial charge >= 0.3 is 5.97 Å². The van der Waals surface area contributed by atoms with Gasteiger partial charge in [0, 0.05) is 5.56 Å². The molecule has 3 aromatic rings. The van der Waals surface area contributed by atoms with Crippen LogP contribution in [0.4, 0.5) is 0 Å². The molecule has 0 saturated heterocycles. The maximum absolute atomic E-state index is 12.7. The molecule has 0 aliphatic heterocycles. The Hall–Kier alpha value is -3.40. The van der Waals surface area contributed by atoms with Gasteiger partial charge in [0.05, 0.1) is 7.11 Å². The quantitative estimate of drug-likeness (QED) is 0.585. The van der Waals surface area contributed by atoms with Gasteiger partial charge < -0.3 is 10.1 Å². The van der Waals surface area contributed by atoms with Gasteiger partial charge in [0.25, 0.3) is 5.91 Å². The number of benzene rings is 3. The highest BCUT2D eigenvalue weighted by Crippen LogP contribution is 2.19. The normalized spacial score (nSPS) is 11.2. The molecule has 0 atom stereocenters. The van der Waals surface area contributed by atoms with Crippen LogP contribution in [0.25, 0.3) is 16.8 Å². The Labute approximate surface area is 145 Å². The van der Waals surface area contributed by atoms with E-state index >= 15 is 0 Å². The van der Waals surface area contributed by atoms with Gasteiger partial charge in [-0.1, -0.05) is 66.7 Å². The second kappa shape index (κ2) is 7.45. The minimum Gasteiger partial charge on any atom is -0.464 e. The standard InChI is InChI=1S/C21H17NO3/c1-25-21(24)19(14-15-8-3-2-4-9-15)22-20(23)18-13-7-11-16-10-5-6-12-17(16)18/h2-14H,1H3,(H,22,23)/b19-14-. The molecule has 3 rings (SSSR count). The molecule has 1 N–H and O–H groups in total. The highest BCUT2D eigenvalue weighted by atomic mass is 16.5. The summed E-state index contributed by atoms with van der Waals surface area (Å²) in [7, 11) is 1.28. The van der Waals surface area contributed by atoms with Crippen LogP contribution in [-0.4, -0.2) is 19.0 Å². The molecular formula is C21H17NO3. The van der Waals surface area contributed by atoms with Crippen molar-refractivity contribution in [3.63, 3.8) is 0 Å². The fourth-order valence-corrected chi connectivity index (χ4v) is 2.58. The number of carbonyl (C=O) groups is 2. The van der Waals surface area contributed by atoms with Gasteiger partial charge in [-0.2, -0.15) is 0 Å². The van der Waals surface area contributed by atoms with E-state index in [0.717, 1.165) is 16.3 Å². The molecule has 0 spiro atoms. The van der Waals surface area contributed by atoms with Gasteiger partial charge in [-0.25, -0.2) is 4.79 Å². The number of rotatable bonds is 4. The fourth-order valence-electron chi connectivity index (χ4n) is 2.58. The first-order valence-electron chi connectivity index (χ1n) is 7.83. The molecule has 3 aromatic carbocycles. The molecule has 0 aliphatic rings. The summed E-state index contributed by atoms with van der Waals surface area (Å²) >= 11 is 0. The van der Waals surface area contributed by atoms with E-state index in [0.29, 0.717) is 5.56 Å². The predicted octanol–water partition coefficient (Wildman–Crippen LogP) is 3.78. The molecule has 0 fully saturated rings. The second-order valence-electron chi connectivity index (χ2n) is 5.44. The van der Waals surface area contributed by atoms with Crippen molar-refractivity contribution in [2.75, 3.05) is 7.11 Å². The molecule has 0 bridgehead atoms. The van der Waals surface area contributed by atoms with E-state index in [1.165, 1.54) is 7.11 Å². The molecule has 0 radical (unpaired) electrons.